The van der Waals surface area contributed by atoms with Crippen molar-refractivity contribution >= 4 is 11.5 Å². The van der Waals surface area contributed by atoms with Crippen LogP contribution in [0.5, 0.6) is 0 Å². The van der Waals surface area contributed by atoms with E-state index in [9.17, 15) is 0 Å². The molecule has 0 aliphatic carbocycles. The van der Waals surface area contributed by atoms with E-state index in [-0.39, 0.29) is 5.84 Å². The summed E-state index contributed by atoms with van der Waals surface area (Å²) in [6.07, 6.45) is 1.17. The minimum atomic E-state index is 0.147. The largest absolute Gasteiger partial charge is 0.409 e. The second kappa shape index (κ2) is 6.28. The predicted octanol–water partition coefficient (Wildman–Crippen LogP) is 2.57. The average Bonchev–Trinajstić information content (AvgIpc) is 2.37. The standard InChI is InChI=1S/C14H23N3O/c1-5-10(2)9-17(4)13-7-6-12(8-11(13)3)14(15)16-18/h6-8,10,18H,5,9H2,1-4H3,(H2,15,16). The number of rotatable bonds is 5. The van der Waals surface area contributed by atoms with E-state index in [1.165, 1.54) is 12.1 Å². The minimum absolute atomic E-state index is 0.147. The Balaban J connectivity index is 2.92. The van der Waals surface area contributed by atoms with Gasteiger partial charge in [0.05, 0.1) is 0 Å². The van der Waals surface area contributed by atoms with Crippen molar-refractivity contribution in [1.82, 2.24) is 0 Å². The molecule has 0 saturated carbocycles. The van der Waals surface area contributed by atoms with Crippen LogP contribution in [-0.4, -0.2) is 24.6 Å². The molecule has 4 nitrogen and oxygen atoms in total. The fourth-order valence-electron chi connectivity index (χ4n) is 2.00. The lowest BCUT2D eigenvalue weighted by Crippen LogP contribution is -2.24. The van der Waals surface area contributed by atoms with Crippen molar-refractivity contribution in [2.24, 2.45) is 16.8 Å². The molecule has 0 saturated heterocycles. The van der Waals surface area contributed by atoms with Gasteiger partial charge in [0.25, 0.3) is 0 Å². The molecule has 0 amide bonds. The summed E-state index contributed by atoms with van der Waals surface area (Å²) in [5.41, 5.74) is 8.64. The van der Waals surface area contributed by atoms with Crippen molar-refractivity contribution in [3.05, 3.63) is 29.3 Å². The van der Waals surface area contributed by atoms with Gasteiger partial charge in [-0.05, 0) is 36.6 Å². The first-order valence-electron chi connectivity index (χ1n) is 6.29. The molecule has 100 valence electrons. The summed E-state index contributed by atoms with van der Waals surface area (Å²) < 4.78 is 0. The van der Waals surface area contributed by atoms with Crippen molar-refractivity contribution in [2.45, 2.75) is 27.2 Å². The number of nitrogens with zero attached hydrogens (tertiary/aromatic N) is 2. The molecule has 1 unspecified atom stereocenters. The van der Waals surface area contributed by atoms with E-state index in [1.54, 1.807) is 0 Å². The van der Waals surface area contributed by atoms with Crippen LogP contribution in [0.25, 0.3) is 0 Å². The highest BCUT2D eigenvalue weighted by molar-refractivity contribution is 5.97. The lowest BCUT2D eigenvalue weighted by molar-refractivity contribution is 0.318. The van der Waals surface area contributed by atoms with Crippen molar-refractivity contribution in [3.63, 3.8) is 0 Å². The zero-order chi connectivity index (χ0) is 13.7. The number of oxime groups is 1. The lowest BCUT2D eigenvalue weighted by Gasteiger charge is -2.24. The van der Waals surface area contributed by atoms with Gasteiger partial charge in [-0.3, -0.25) is 0 Å². The molecule has 1 aromatic rings. The number of hydrogen-bond donors (Lipinski definition) is 2. The lowest BCUT2D eigenvalue weighted by atomic mass is 10.1. The quantitative estimate of drug-likeness (QED) is 0.365. The third-order valence-electron chi connectivity index (χ3n) is 3.29. The summed E-state index contributed by atoms with van der Waals surface area (Å²) >= 11 is 0. The van der Waals surface area contributed by atoms with E-state index in [1.807, 2.05) is 25.1 Å². The highest BCUT2D eigenvalue weighted by Crippen LogP contribution is 2.21. The maximum absolute atomic E-state index is 8.66. The number of benzene rings is 1. The first-order chi connectivity index (χ1) is 8.49. The Hall–Kier alpha value is -1.71. The Labute approximate surface area is 109 Å². The van der Waals surface area contributed by atoms with Crippen LogP contribution in [0, 0.1) is 12.8 Å². The molecule has 0 fully saturated rings. The summed E-state index contributed by atoms with van der Waals surface area (Å²) in [6, 6.07) is 5.84. The van der Waals surface area contributed by atoms with Gasteiger partial charge in [-0.25, -0.2) is 0 Å². The molecule has 0 radical (unpaired) electrons. The average molecular weight is 249 g/mol. The number of hydrogen-bond acceptors (Lipinski definition) is 3. The fourth-order valence-corrected chi connectivity index (χ4v) is 2.00. The third-order valence-corrected chi connectivity index (χ3v) is 3.29. The van der Waals surface area contributed by atoms with Crippen LogP contribution in [0.15, 0.2) is 23.4 Å². The molecule has 0 spiro atoms. The Bertz CT molecular complexity index is 429. The van der Waals surface area contributed by atoms with Gasteiger partial charge in [0.15, 0.2) is 5.84 Å². The Morgan fingerprint density at radius 2 is 2.17 bits per heavy atom. The Morgan fingerprint density at radius 1 is 1.50 bits per heavy atom. The van der Waals surface area contributed by atoms with E-state index in [4.69, 9.17) is 10.9 Å². The maximum atomic E-state index is 8.66. The number of aryl methyl sites for hydroxylation is 1. The van der Waals surface area contributed by atoms with E-state index in [0.29, 0.717) is 5.92 Å². The molecule has 3 N–H and O–H groups in total. The topological polar surface area (TPSA) is 61.8 Å². The van der Waals surface area contributed by atoms with E-state index in [2.05, 4.69) is 31.0 Å². The molecule has 0 aromatic heterocycles. The van der Waals surface area contributed by atoms with Crippen molar-refractivity contribution in [1.29, 1.82) is 0 Å². The fraction of sp³-hybridized carbons (Fsp3) is 0.500. The van der Waals surface area contributed by atoms with Crippen LogP contribution in [0.1, 0.15) is 31.4 Å². The van der Waals surface area contributed by atoms with Gasteiger partial charge in [-0.15, -0.1) is 0 Å². The Morgan fingerprint density at radius 3 is 2.67 bits per heavy atom. The molecule has 1 rings (SSSR count). The number of anilines is 1. The molecule has 1 aromatic carbocycles. The monoisotopic (exact) mass is 249 g/mol. The van der Waals surface area contributed by atoms with Gasteiger partial charge in [0, 0.05) is 24.8 Å². The Kier molecular flexibility index (Phi) is 5.01. The van der Waals surface area contributed by atoms with E-state index < -0.39 is 0 Å². The first-order valence-corrected chi connectivity index (χ1v) is 6.29. The summed E-state index contributed by atoms with van der Waals surface area (Å²) in [5, 5.41) is 11.7. The van der Waals surface area contributed by atoms with Crippen LogP contribution < -0.4 is 10.6 Å². The van der Waals surface area contributed by atoms with Crippen LogP contribution in [0.3, 0.4) is 0 Å². The molecule has 1 atom stereocenters. The molecule has 0 aliphatic heterocycles. The van der Waals surface area contributed by atoms with Gasteiger partial charge in [-0.1, -0.05) is 25.4 Å². The summed E-state index contributed by atoms with van der Waals surface area (Å²) in [6.45, 7) is 7.51. The molecular weight excluding hydrogens is 226 g/mol. The van der Waals surface area contributed by atoms with Gasteiger partial charge in [0.1, 0.15) is 0 Å². The van der Waals surface area contributed by atoms with Crippen LogP contribution >= 0.6 is 0 Å². The summed E-state index contributed by atoms with van der Waals surface area (Å²) in [5.74, 6) is 0.812. The third kappa shape index (κ3) is 3.39. The van der Waals surface area contributed by atoms with Crippen molar-refractivity contribution < 1.29 is 5.21 Å². The second-order valence-corrected chi connectivity index (χ2v) is 4.88. The van der Waals surface area contributed by atoms with Gasteiger partial charge in [0.2, 0.25) is 0 Å². The molecular formula is C14H23N3O. The first kappa shape index (κ1) is 14.4. The van der Waals surface area contributed by atoms with Crippen LogP contribution in [-0.2, 0) is 0 Å². The molecule has 4 heteroatoms. The highest BCUT2D eigenvalue weighted by Gasteiger charge is 2.09. The number of amidine groups is 1. The zero-order valence-corrected chi connectivity index (χ0v) is 11.6. The SMILES string of the molecule is CCC(C)CN(C)c1ccc(/C(N)=N/O)cc1C. The van der Waals surface area contributed by atoms with Crippen LogP contribution in [0.4, 0.5) is 5.69 Å². The molecule has 0 aliphatic rings. The molecule has 0 bridgehead atoms. The smallest absolute Gasteiger partial charge is 0.170 e. The van der Waals surface area contributed by atoms with Gasteiger partial charge in [-0.2, -0.15) is 0 Å². The van der Waals surface area contributed by atoms with E-state index >= 15 is 0 Å². The normalized spacial score (nSPS) is 13.4. The van der Waals surface area contributed by atoms with Gasteiger partial charge < -0.3 is 15.8 Å². The molecule has 18 heavy (non-hydrogen) atoms. The van der Waals surface area contributed by atoms with E-state index in [0.717, 1.165) is 17.7 Å². The summed E-state index contributed by atoms with van der Waals surface area (Å²) in [7, 11) is 2.09. The minimum Gasteiger partial charge on any atom is -0.409 e. The zero-order valence-electron chi connectivity index (χ0n) is 11.6. The maximum Gasteiger partial charge on any atom is 0.170 e. The number of nitrogens with two attached hydrogens (primary N) is 1. The molecule has 0 heterocycles. The van der Waals surface area contributed by atoms with Crippen molar-refractivity contribution in [2.75, 3.05) is 18.5 Å². The van der Waals surface area contributed by atoms with Crippen molar-refractivity contribution in [3.8, 4) is 0 Å². The highest BCUT2D eigenvalue weighted by atomic mass is 16.4. The van der Waals surface area contributed by atoms with Crippen LogP contribution in [0.2, 0.25) is 0 Å². The summed E-state index contributed by atoms with van der Waals surface area (Å²) in [4.78, 5) is 2.25. The predicted molar refractivity (Wildman–Crippen MR) is 76.4 cm³/mol. The second-order valence-electron chi connectivity index (χ2n) is 4.88. The van der Waals surface area contributed by atoms with Gasteiger partial charge >= 0.3 is 0 Å².